The summed E-state index contributed by atoms with van der Waals surface area (Å²) in [5.41, 5.74) is 1.17. The minimum absolute atomic E-state index is 0.256. The molecule has 0 aliphatic carbocycles. The van der Waals surface area contributed by atoms with Crippen LogP contribution in [0.5, 0.6) is 23.0 Å². The van der Waals surface area contributed by atoms with E-state index in [0.717, 1.165) is 0 Å². The van der Waals surface area contributed by atoms with Crippen molar-refractivity contribution >= 4 is 34.5 Å². The van der Waals surface area contributed by atoms with Gasteiger partial charge in [-0.2, -0.15) is 0 Å². The standard InChI is InChI=1S/C24H26N2O6S/c1-5-31-20-14-18(26-24(28)22-8-7-11-33-22)21(32-6-2)13-17(20)25-23(27)16-10-9-15(29-3)12-19(16)30-4/h7-14H,5-6H2,1-4H3,(H,25,27)(H,26,28). The van der Waals surface area contributed by atoms with Crippen LogP contribution in [0, 0.1) is 0 Å². The number of thiophene rings is 1. The van der Waals surface area contributed by atoms with Crippen LogP contribution in [0.4, 0.5) is 11.4 Å². The summed E-state index contributed by atoms with van der Waals surface area (Å²) in [4.78, 5) is 26.2. The molecule has 1 aromatic heterocycles. The quantitative estimate of drug-likeness (QED) is 0.430. The summed E-state index contributed by atoms with van der Waals surface area (Å²) >= 11 is 1.34. The van der Waals surface area contributed by atoms with Crippen molar-refractivity contribution in [2.75, 3.05) is 38.1 Å². The van der Waals surface area contributed by atoms with Crippen LogP contribution in [0.15, 0.2) is 47.8 Å². The Labute approximate surface area is 196 Å². The fourth-order valence-electron chi connectivity index (χ4n) is 3.07. The lowest BCUT2D eigenvalue weighted by Crippen LogP contribution is -2.16. The molecular formula is C24H26N2O6S. The number of methoxy groups -OCH3 is 2. The maximum absolute atomic E-state index is 13.0. The van der Waals surface area contributed by atoms with E-state index in [0.29, 0.717) is 58.0 Å². The second-order valence-corrected chi connectivity index (χ2v) is 7.61. The first-order chi connectivity index (χ1) is 16.0. The molecule has 8 nitrogen and oxygen atoms in total. The molecule has 0 unspecified atom stereocenters. The summed E-state index contributed by atoms with van der Waals surface area (Å²) in [6, 6.07) is 11.7. The number of carbonyl (C=O) groups excluding carboxylic acids is 2. The largest absolute Gasteiger partial charge is 0.497 e. The predicted octanol–water partition coefficient (Wildman–Crippen LogP) is 5.07. The first-order valence-corrected chi connectivity index (χ1v) is 11.2. The maximum Gasteiger partial charge on any atom is 0.265 e. The molecule has 0 fully saturated rings. The monoisotopic (exact) mass is 470 g/mol. The van der Waals surface area contributed by atoms with Gasteiger partial charge in [0.1, 0.15) is 23.0 Å². The van der Waals surface area contributed by atoms with Gasteiger partial charge in [0.05, 0.1) is 49.2 Å². The van der Waals surface area contributed by atoms with Gasteiger partial charge in [0, 0.05) is 18.2 Å². The van der Waals surface area contributed by atoms with Crippen molar-refractivity contribution in [3.05, 3.63) is 58.3 Å². The Morgan fingerprint density at radius 2 is 1.45 bits per heavy atom. The van der Waals surface area contributed by atoms with E-state index in [1.54, 1.807) is 42.5 Å². The topological polar surface area (TPSA) is 95.1 Å². The third-order valence-electron chi connectivity index (χ3n) is 4.58. The highest BCUT2D eigenvalue weighted by molar-refractivity contribution is 7.12. The molecule has 2 amide bonds. The van der Waals surface area contributed by atoms with Crippen molar-refractivity contribution in [3.63, 3.8) is 0 Å². The van der Waals surface area contributed by atoms with Gasteiger partial charge in [-0.05, 0) is 37.4 Å². The molecular weight excluding hydrogens is 444 g/mol. The number of hydrogen-bond donors (Lipinski definition) is 2. The summed E-state index contributed by atoms with van der Waals surface area (Å²) in [6.45, 7) is 4.40. The highest BCUT2D eigenvalue weighted by Gasteiger charge is 2.19. The van der Waals surface area contributed by atoms with E-state index in [9.17, 15) is 9.59 Å². The summed E-state index contributed by atoms with van der Waals surface area (Å²) in [6.07, 6.45) is 0. The number of benzene rings is 2. The van der Waals surface area contributed by atoms with Gasteiger partial charge in [-0.3, -0.25) is 9.59 Å². The zero-order valence-corrected chi connectivity index (χ0v) is 19.7. The zero-order valence-electron chi connectivity index (χ0n) is 18.9. The van der Waals surface area contributed by atoms with Crippen LogP contribution in [0.1, 0.15) is 33.9 Å². The van der Waals surface area contributed by atoms with E-state index in [2.05, 4.69) is 10.6 Å². The Morgan fingerprint density at radius 1 is 0.818 bits per heavy atom. The number of rotatable bonds is 10. The first kappa shape index (κ1) is 23.9. The van der Waals surface area contributed by atoms with Gasteiger partial charge in [0.15, 0.2) is 0 Å². The molecule has 3 aromatic rings. The van der Waals surface area contributed by atoms with Gasteiger partial charge in [-0.1, -0.05) is 6.07 Å². The van der Waals surface area contributed by atoms with Gasteiger partial charge in [0.2, 0.25) is 0 Å². The lowest BCUT2D eigenvalue weighted by molar-refractivity contribution is 0.101. The number of hydrogen-bond acceptors (Lipinski definition) is 7. The number of carbonyl (C=O) groups is 2. The fourth-order valence-corrected chi connectivity index (χ4v) is 3.69. The van der Waals surface area contributed by atoms with Crippen LogP contribution < -0.4 is 29.6 Å². The first-order valence-electron chi connectivity index (χ1n) is 10.3. The van der Waals surface area contributed by atoms with E-state index in [-0.39, 0.29) is 5.91 Å². The minimum Gasteiger partial charge on any atom is -0.497 e. The molecule has 0 saturated carbocycles. The van der Waals surface area contributed by atoms with E-state index >= 15 is 0 Å². The second kappa shape index (κ2) is 11.2. The SMILES string of the molecule is CCOc1cc(NC(=O)c2ccc(OC)cc2OC)c(OCC)cc1NC(=O)c1cccs1. The third kappa shape index (κ3) is 5.75. The Kier molecular flexibility index (Phi) is 8.15. The number of amides is 2. The minimum atomic E-state index is -0.395. The van der Waals surface area contributed by atoms with Crippen molar-refractivity contribution in [3.8, 4) is 23.0 Å². The Morgan fingerprint density at radius 3 is 1.97 bits per heavy atom. The number of ether oxygens (including phenoxy) is 4. The lowest BCUT2D eigenvalue weighted by atomic mass is 10.1. The van der Waals surface area contributed by atoms with E-state index in [1.807, 2.05) is 19.2 Å². The molecule has 2 aromatic carbocycles. The van der Waals surface area contributed by atoms with Crippen LogP contribution >= 0.6 is 11.3 Å². The van der Waals surface area contributed by atoms with E-state index in [4.69, 9.17) is 18.9 Å². The molecule has 0 bridgehead atoms. The zero-order chi connectivity index (χ0) is 23.8. The van der Waals surface area contributed by atoms with E-state index in [1.165, 1.54) is 25.6 Å². The van der Waals surface area contributed by atoms with Gasteiger partial charge in [-0.15, -0.1) is 11.3 Å². The average Bonchev–Trinajstić information content (AvgIpc) is 3.36. The third-order valence-corrected chi connectivity index (χ3v) is 5.44. The normalized spacial score (nSPS) is 10.3. The Bertz CT molecular complexity index is 1110. The van der Waals surface area contributed by atoms with Crippen molar-refractivity contribution < 1.29 is 28.5 Å². The molecule has 0 spiro atoms. The molecule has 0 aliphatic heterocycles. The number of nitrogens with one attached hydrogen (secondary N) is 2. The molecule has 0 saturated heterocycles. The molecule has 0 radical (unpaired) electrons. The van der Waals surface area contributed by atoms with Gasteiger partial charge >= 0.3 is 0 Å². The van der Waals surface area contributed by atoms with Crippen molar-refractivity contribution in [1.29, 1.82) is 0 Å². The molecule has 1 heterocycles. The van der Waals surface area contributed by atoms with Gasteiger partial charge in [0.25, 0.3) is 11.8 Å². The molecule has 2 N–H and O–H groups in total. The molecule has 33 heavy (non-hydrogen) atoms. The molecule has 9 heteroatoms. The Hall–Kier alpha value is -3.72. The summed E-state index contributed by atoms with van der Waals surface area (Å²) in [5.74, 6) is 1.09. The summed E-state index contributed by atoms with van der Waals surface area (Å²) < 4.78 is 22.0. The van der Waals surface area contributed by atoms with Crippen molar-refractivity contribution in [2.24, 2.45) is 0 Å². The smallest absolute Gasteiger partial charge is 0.265 e. The van der Waals surface area contributed by atoms with E-state index < -0.39 is 5.91 Å². The molecule has 0 aliphatic rings. The van der Waals surface area contributed by atoms with Crippen LogP contribution in [-0.2, 0) is 0 Å². The second-order valence-electron chi connectivity index (χ2n) is 6.66. The van der Waals surface area contributed by atoms with Crippen LogP contribution in [-0.4, -0.2) is 39.2 Å². The highest BCUT2D eigenvalue weighted by atomic mass is 32.1. The van der Waals surface area contributed by atoms with Gasteiger partial charge in [-0.25, -0.2) is 0 Å². The molecule has 174 valence electrons. The lowest BCUT2D eigenvalue weighted by Gasteiger charge is -2.18. The summed E-state index contributed by atoms with van der Waals surface area (Å²) in [5, 5.41) is 7.54. The van der Waals surface area contributed by atoms with Crippen molar-refractivity contribution in [1.82, 2.24) is 0 Å². The van der Waals surface area contributed by atoms with Crippen LogP contribution in [0.25, 0.3) is 0 Å². The maximum atomic E-state index is 13.0. The highest BCUT2D eigenvalue weighted by Crippen LogP contribution is 2.38. The summed E-state index contributed by atoms with van der Waals surface area (Å²) in [7, 11) is 3.02. The Balaban J connectivity index is 1.94. The van der Waals surface area contributed by atoms with Crippen LogP contribution in [0.3, 0.4) is 0 Å². The van der Waals surface area contributed by atoms with Crippen molar-refractivity contribution in [2.45, 2.75) is 13.8 Å². The molecule has 3 rings (SSSR count). The van der Waals surface area contributed by atoms with Crippen LogP contribution in [0.2, 0.25) is 0 Å². The average molecular weight is 471 g/mol. The van der Waals surface area contributed by atoms with Gasteiger partial charge < -0.3 is 29.6 Å². The fraction of sp³-hybridized carbons (Fsp3) is 0.250. The number of anilines is 2. The molecule has 0 atom stereocenters. The predicted molar refractivity (Wildman–Crippen MR) is 129 cm³/mol.